The summed E-state index contributed by atoms with van der Waals surface area (Å²) in [6.07, 6.45) is 1.73. The van der Waals surface area contributed by atoms with Gasteiger partial charge in [-0.3, -0.25) is 4.57 Å². The zero-order valence-electron chi connectivity index (χ0n) is 22.1. The zero-order chi connectivity index (χ0) is 28.2. The van der Waals surface area contributed by atoms with Crippen LogP contribution < -0.4 is 14.2 Å². The molecule has 5 aromatic rings. The fourth-order valence-corrected chi connectivity index (χ4v) is 5.40. The number of hydrogen-bond donors (Lipinski definition) is 0. The third-order valence-corrected chi connectivity index (χ3v) is 7.35. The Bertz CT molecular complexity index is 1660. The van der Waals surface area contributed by atoms with Crippen LogP contribution in [-0.2, 0) is 12.3 Å². The van der Waals surface area contributed by atoms with Gasteiger partial charge in [0, 0.05) is 34.4 Å². The Labute approximate surface area is 234 Å². The van der Waals surface area contributed by atoms with Crippen molar-refractivity contribution in [2.75, 3.05) is 21.3 Å². The third kappa shape index (κ3) is 5.10. The van der Waals surface area contributed by atoms with Crippen LogP contribution in [0.25, 0.3) is 33.5 Å². The molecule has 204 valence electrons. The zero-order valence-corrected chi connectivity index (χ0v) is 23.0. The number of ether oxygens (including phenoxy) is 3. The maximum absolute atomic E-state index is 14.3. The molecule has 0 aliphatic rings. The lowest BCUT2D eigenvalue weighted by Gasteiger charge is -2.15. The van der Waals surface area contributed by atoms with Gasteiger partial charge in [0.1, 0.15) is 11.6 Å². The van der Waals surface area contributed by atoms with Crippen molar-refractivity contribution < 1.29 is 23.0 Å². The summed E-state index contributed by atoms with van der Waals surface area (Å²) in [5.41, 5.74) is 2.93. The van der Waals surface area contributed by atoms with Crippen LogP contribution in [0.5, 0.6) is 17.2 Å². The van der Waals surface area contributed by atoms with E-state index >= 15 is 0 Å². The van der Waals surface area contributed by atoms with Crippen LogP contribution in [-0.4, -0.2) is 41.1 Å². The van der Waals surface area contributed by atoms with Crippen molar-refractivity contribution in [2.24, 2.45) is 0 Å². The first-order chi connectivity index (χ1) is 19.5. The Morgan fingerprint density at radius 2 is 1.60 bits per heavy atom. The van der Waals surface area contributed by atoms with E-state index in [-0.39, 0.29) is 11.3 Å². The lowest BCUT2D eigenvalue weighted by molar-refractivity contribution is 0.324. The largest absolute Gasteiger partial charge is 0.493 e. The number of methoxy groups -OCH3 is 3. The van der Waals surface area contributed by atoms with Gasteiger partial charge in [0.25, 0.3) is 0 Å². The van der Waals surface area contributed by atoms with Gasteiger partial charge in [-0.1, -0.05) is 42.1 Å². The monoisotopic (exact) mass is 560 g/mol. The topological polar surface area (TPSA) is 71.3 Å². The Morgan fingerprint density at radius 1 is 0.900 bits per heavy atom. The molecule has 0 fully saturated rings. The lowest BCUT2D eigenvalue weighted by Crippen LogP contribution is -2.02. The number of pyridine rings is 1. The summed E-state index contributed by atoms with van der Waals surface area (Å²) < 4.78 is 47.0. The Balaban J connectivity index is 1.64. The van der Waals surface area contributed by atoms with Crippen molar-refractivity contribution in [1.29, 1.82) is 0 Å². The Kier molecular flexibility index (Phi) is 7.97. The van der Waals surface area contributed by atoms with Crippen molar-refractivity contribution in [1.82, 2.24) is 19.7 Å². The number of allylic oxidation sites excluding steroid dienone is 1. The highest BCUT2D eigenvalue weighted by atomic mass is 32.2. The fourth-order valence-electron chi connectivity index (χ4n) is 4.43. The molecule has 0 saturated carbocycles. The number of rotatable bonds is 10. The number of hydrogen-bond acceptors (Lipinski definition) is 7. The second-order valence-corrected chi connectivity index (χ2v) is 9.62. The summed E-state index contributed by atoms with van der Waals surface area (Å²) in [5, 5.41) is 10.3. The van der Waals surface area contributed by atoms with Gasteiger partial charge >= 0.3 is 0 Å². The van der Waals surface area contributed by atoms with Crippen molar-refractivity contribution >= 4 is 22.7 Å². The van der Waals surface area contributed by atoms with E-state index in [0.717, 1.165) is 22.0 Å². The van der Waals surface area contributed by atoms with E-state index in [4.69, 9.17) is 19.2 Å². The normalized spacial score (nSPS) is 11.0. The van der Waals surface area contributed by atoms with Crippen molar-refractivity contribution in [3.63, 3.8) is 0 Å². The first-order valence-electron chi connectivity index (χ1n) is 12.3. The molecule has 0 atom stereocenters. The van der Waals surface area contributed by atoms with Crippen molar-refractivity contribution in [2.45, 2.75) is 17.5 Å². The maximum Gasteiger partial charge on any atom is 0.203 e. The molecule has 2 heterocycles. The van der Waals surface area contributed by atoms with Gasteiger partial charge in [0.15, 0.2) is 22.5 Å². The van der Waals surface area contributed by atoms with Crippen LogP contribution in [0.4, 0.5) is 8.78 Å². The van der Waals surface area contributed by atoms with Crippen LogP contribution in [0.15, 0.2) is 78.5 Å². The second kappa shape index (κ2) is 11.7. The lowest BCUT2D eigenvalue weighted by atomic mass is 10.0. The molecule has 2 aromatic heterocycles. The molecular weight excluding hydrogens is 534 g/mol. The van der Waals surface area contributed by atoms with Gasteiger partial charge in [-0.05, 0) is 36.4 Å². The van der Waals surface area contributed by atoms with E-state index in [0.29, 0.717) is 40.5 Å². The van der Waals surface area contributed by atoms with Gasteiger partial charge in [0.05, 0.1) is 32.5 Å². The summed E-state index contributed by atoms with van der Waals surface area (Å²) in [4.78, 5) is 4.90. The average molecular weight is 561 g/mol. The summed E-state index contributed by atoms with van der Waals surface area (Å²) in [6.45, 7) is 4.27. The predicted octanol–water partition coefficient (Wildman–Crippen LogP) is 6.94. The van der Waals surface area contributed by atoms with Gasteiger partial charge < -0.3 is 14.2 Å². The molecule has 0 radical (unpaired) electrons. The molecule has 0 spiro atoms. The maximum atomic E-state index is 14.3. The quantitative estimate of drug-likeness (QED) is 0.135. The molecule has 40 heavy (non-hydrogen) atoms. The predicted molar refractivity (Wildman–Crippen MR) is 152 cm³/mol. The van der Waals surface area contributed by atoms with E-state index in [2.05, 4.69) is 16.8 Å². The minimum Gasteiger partial charge on any atom is -0.493 e. The van der Waals surface area contributed by atoms with Crippen molar-refractivity contribution in [3.05, 3.63) is 90.5 Å². The molecule has 0 amide bonds. The minimum absolute atomic E-state index is 0.0127. The van der Waals surface area contributed by atoms with Crippen LogP contribution in [0, 0.1) is 11.6 Å². The first-order valence-corrected chi connectivity index (χ1v) is 13.3. The highest BCUT2D eigenvalue weighted by Gasteiger charge is 2.21. The molecule has 5 rings (SSSR count). The van der Waals surface area contributed by atoms with E-state index in [1.54, 1.807) is 27.4 Å². The van der Waals surface area contributed by atoms with Crippen LogP contribution >= 0.6 is 11.8 Å². The summed E-state index contributed by atoms with van der Waals surface area (Å²) in [5.74, 6) is 0.915. The van der Waals surface area contributed by atoms with Crippen LogP contribution in [0.3, 0.4) is 0 Å². The third-order valence-electron chi connectivity index (χ3n) is 6.35. The van der Waals surface area contributed by atoms with Crippen LogP contribution in [0.2, 0.25) is 0 Å². The highest BCUT2D eigenvalue weighted by Crippen LogP contribution is 2.42. The number of halogens is 2. The molecule has 0 bridgehead atoms. The molecule has 0 saturated heterocycles. The Hall–Kier alpha value is -4.44. The highest BCUT2D eigenvalue weighted by molar-refractivity contribution is 7.98. The molecular formula is C30H26F2N4O3S. The summed E-state index contributed by atoms with van der Waals surface area (Å²) in [7, 11) is 4.67. The van der Waals surface area contributed by atoms with Gasteiger partial charge in [-0.15, -0.1) is 16.8 Å². The molecule has 0 aliphatic heterocycles. The molecule has 7 nitrogen and oxygen atoms in total. The SMILES string of the molecule is C=CCn1c(SCc2c(F)cccc2F)nnc1-c1cc(-c2cc(OC)c(OC)c(OC)c2)nc2ccccc12. The van der Waals surface area contributed by atoms with Gasteiger partial charge in [-0.25, -0.2) is 13.8 Å². The number of fused-ring (bicyclic) bond motifs is 1. The molecule has 0 N–H and O–H groups in total. The number of para-hydroxylation sites is 1. The van der Waals surface area contributed by atoms with Gasteiger partial charge in [-0.2, -0.15) is 0 Å². The second-order valence-electron chi connectivity index (χ2n) is 8.68. The number of nitrogens with zero attached hydrogens (tertiary/aromatic N) is 4. The number of benzene rings is 3. The summed E-state index contributed by atoms with van der Waals surface area (Å²) in [6, 6.07) is 17.2. The molecule has 10 heteroatoms. The van der Waals surface area contributed by atoms with E-state index < -0.39 is 11.6 Å². The van der Waals surface area contributed by atoms with Gasteiger partial charge in [0.2, 0.25) is 5.75 Å². The first kappa shape index (κ1) is 27.1. The molecule has 0 aliphatic carbocycles. The van der Waals surface area contributed by atoms with Crippen molar-refractivity contribution in [3.8, 4) is 39.9 Å². The fraction of sp³-hybridized carbons (Fsp3) is 0.167. The van der Waals surface area contributed by atoms with Crippen LogP contribution in [0.1, 0.15) is 5.56 Å². The molecule has 3 aromatic carbocycles. The smallest absolute Gasteiger partial charge is 0.203 e. The van der Waals surface area contributed by atoms with E-state index in [1.165, 1.54) is 30.0 Å². The van der Waals surface area contributed by atoms with E-state index in [9.17, 15) is 8.78 Å². The number of thioether (sulfide) groups is 1. The average Bonchev–Trinajstić information content (AvgIpc) is 3.37. The standard InChI is InChI=1S/C30H26F2N4O3S/c1-5-13-36-29(34-35-30(36)40-17-21-22(31)10-8-11-23(21)32)20-16-25(33-24-12-7-6-9-19(20)24)18-14-26(37-2)28(39-4)27(15-18)38-3/h5-12,14-16H,1,13,17H2,2-4H3. The number of aromatic nitrogens is 4. The Morgan fingerprint density at radius 3 is 2.25 bits per heavy atom. The molecule has 0 unspecified atom stereocenters. The van der Waals surface area contributed by atoms with E-state index in [1.807, 2.05) is 47.0 Å². The minimum atomic E-state index is -0.599. The summed E-state index contributed by atoms with van der Waals surface area (Å²) >= 11 is 1.20.